The van der Waals surface area contributed by atoms with Gasteiger partial charge in [-0.15, -0.1) is 5.10 Å². The van der Waals surface area contributed by atoms with Crippen molar-refractivity contribution in [2.24, 2.45) is 0 Å². The Balaban J connectivity index is 2.18. The molecule has 0 aliphatic heterocycles. The first-order valence-electron chi connectivity index (χ1n) is 6.67. The summed E-state index contributed by atoms with van der Waals surface area (Å²) in [5, 5.41) is 13.8. The van der Waals surface area contributed by atoms with Crippen LogP contribution in [0, 0.1) is 0 Å². The van der Waals surface area contributed by atoms with Crippen molar-refractivity contribution < 1.29 is 0 Å². The number of aryl methyl sites for hydroxylation is 1. The van der Waals surface area contributed by atoms with Gasteiger partial charge in [0.2, 0.25) is 0 Å². The minimum atomic E-state index is -0.0186. The molecule has 0 fully saturated rings. The smallest absolute Gasteiger partial charge is 0.275 e. The Hall–Kier alpha value is -2.96. The van der Waals surface area contributed by atoms with Crippen LogP contribution >= 0.6 is 0 Å². The Morgan fingerprint density at radius 3 is 2.71 bits per heavy atom. The van der Waals surface area contributed by atoms with E-state index >= 15 is 0 Å². The molecule has 7 nitrogen and oxygen atoms in total. The van der Waals surface area contributed by atoms with Crippen LogP contribution < -0.4 is 5.56 Å². The Morgan fingerprint density at radius 1 is 1.19 bits per heavy atom. The lowest BCUT2D eigenvalue weighted by Gasteiger charge is -2.09. The van der Waals surface area contributed by atoms with Crippen LogP contribution in [0.4, 0.5) is 0 Å². The standard InChI is InChI=1S/C14H12N6O/c1-2-19-10-5-3-4-6-11(10)20-8-9(7-12(20)14(19)21)13-15-17-18-16-13/h3-8H,2H2,1H3,(H,15,16,17,18). The molecule has 0 aliphatic rings. The van der Waals surface area contributed by atoms with Gasteiger partial charge in [0, 0.05) is 18.3 Å². The number of fused-ring (bicyclic) bond motifs is 3. The lowest BCUT2D eigenvalue weighted by molar-refractivity contribution is 0.759. The summed E-state index contributed by atoms with van der Waals surface area (Å²) in [6, 6.07) is 9.65. The van der Waals surface area contributed by atoms with Gasteiger partial charge in [0.05, 0.1) is 11.0 Å². The van der Waals surface area contributed by atoms with E-state index in [4.69, 9.17) is 0 Å². The molecule has 0 unspecified atom stereocenters. The van der Waals surface area contributed by atoms with Crippen molar-refractivity contribution in [2.75, 3.05) is 0 Å². The van der Waals surface area contributed by atoms with Gasteiger partial charge >= 0.3 is 0 Å². The van der Waals surface area contributed by atoms with Crippen LogP contribution in [-0.2, 0) is 6.54 Å². The van der Waals surface area contributed by atoms with Crippen LogP contribution in [0.1, 0.15) is 6.92 Å². The summed E-state index contributed by atoms with van der Waals surface area (Å²) in [4.78, 5) is 12.6. The second kappa shape index (κ2) is 4.27. The van der Waals surface area contributed by atoms with Gasteiger partial charge < -0.3 is 8.97 Å². The number of rotatable bonds is 2. The van der Waals surface area contributed by atoms with E-state index in [1.807, 2.05) is 47.9 Å². The van der Waals surface area contributed by atoms with Gasteiger partial charge in [0.1, 0.15) is 5.52 Å². The number of aromatic amines is 1. The summed E-state index contributed by atoms with van der Waals surface area (Å²) < 4.78 is 3.66. The summed E-state index contributed by atoms with van der Waals surface area (Å²) in [5.74, 6) is 0.547. The third kappa shape index (κ3) is 1.60. The molecule has 0 radical (unpaired) electrons. The van der Waals surface area contributed by atoms with E-state index in [0.717, 1.165) is 16.6 Å². The van der Waals surface area contributed by atoms with E-state index in [1.54, 1.807) is 4.57 Å². The summed E-state index contributed by atoms with van der Waals surface area (Å²) in [5.41, 5.74) is 3.27. The van der Waals surface area contributed by atoms with Gasteiger partial charge in [-0.25, -0.2) is 5.10 Å². The van der Waals surface area contributed by atoms with Crippen molar-refractivity contribution in [3.8, 4) is 11.4 Å². The maximum atomic E-state index is 12.6. The Labute approximate surface area is 118 Å². The molecule has 4 rings (SSSR count). The number of H-pyrrole nitrogens is 1. The zero-order valence-electron chi connectivity index (χ0n) is 11.3. The number of hydrogen-bond donors (Lipinski definition) is 1. The number of nitrogens with one attached hydrogen (secondary N) is 1. The highest BCUT2D eigenvalue weighted by Crippen LogP contribution is 2.21. The zero-order chi connectivity index (χ0) is 14.4. The van der Waals surface area contributed by atoms with Crippen LogP contribution in [-0.4, -0.2) is 29.6 Å². The van der Waals surface area contributed by atoms with Gasteiger partial charge in [0.15, 0.2) is 5.82 Å². The normalized spacial score (nSPS) is 11.5. The Bertz CT molecular complexity index is 996. The molecule has 0 saturated heterocycles. The quantitative estimate of drug-likeness (QED) is 0.602. The fourth-order valence-electron chi connectivity index (χ4n) is 2.70. The van der Waals surface area contributed by atoms with E-state index in [1.165, 1.54) is 0 Å². The van der Waals surface area contributed by atoms with Gasteiger partial charge in [-0.05, 0) is 35.5 Å². The zero-order valence-corrected chi connectivity index (χ0v) is 11.3. The average Bonchev–Trinajstić information content (AvgIpc) is 3.17. The van der Waals surface area contributed by atoms with E-state index < -0.39 is 0 Å². The summed E-state index contributed by atoms with van der Waals surface area (Å²) >= 11 is 0. The summed E-state index contributed by atoms with van der Waals surface area (Å²) in [6.07, 6.45) is 1.88. The Kier molecular flexibility index (Phi) is 2.41. The number of hydrogen-bond acceptors (Lipinski definition) is 4. The molecule has 4 aromatic rings. The second-order valence-electron chi connectivity index (χ2n) is 4.77. The topological polar surface area (TPSA) is 80.9 Å². The van der Waals surface area contributed by atoms with Crippen molar-refractivity contribution in [1.29, 1.82) is 0 Å². The number of para-hydroxylation sites is 2. The highest BCUT2D eigenvalue weighted by molar-refractivity contribution is 5.81. The van der Waals surface area contributed by atoms with Gasteiger partial charge in [-0.2, -0.15) is 0 Å². The molecule has 21 heavy (non-hydrogen) atoms. The molecular weight excluding hydrogens is 268 g/mol. The van der Waals surface area contributed by atoms with Crippen molar-refractivity contribution >= 4 is 16.6 Å². The lowest BCUT2D eigenvalue weighted by atomic mass is 10.3. The molecule has 0 amide bonds. The van der Waals surface area contributed by atoms with Gasteiger partial charge in [-0.3, -0.25) is 4.79 Å². The lowest BCUT2D eigenvalue weighted by Crippen LogP contribution is -2.21. The minimum absolute atomic E-state index is 0.0186. The summed E-state index contributed by atoms with van der Waals surface area (Å²) in [7, 11) is 0. The maximum absolute atomic E-state index is 12.6. The first kappa shape index (κ1) is 11.8. The van der Waals surface area contributed by atoms with Crippen molar-refractivity contribution in [1.82, 2.24) is 29.6 Å². The predicted molar refractivity (Wildman–Crippen MR) is 78.0 cm³/mol. The monoisotopic (exact) mass is 280 g/mol. The third-order valence-corrected chi connectivity index (χ3v) is 3.65. The Morgan fingerprint density at radius 2 is 2.00 bits per heavy atom. The first-order valence-corrected chi connectivity index (χ1v) is 6.67. The molecule has 3 heterocycles. The van der Waals surface area contributed by atoms with E-state index in [9.17, 15) is 4.79 Å². The van der Waals surface area contributed by atoms with Crippen LogP contribution in [0.25, 0.3) is 27.9 Å². The number of tetrazole rings is 1. The van der Waals surface area contributed by atoms with Crippen LogP contribution in [0.15, 0.2) is 41.3 Å². The molecule has 0 saturated carbocycles. The number of aromatic nitrogens is 6. The first-order chi connectivity index (χ1) is 10.3. The maximum Gasteiger partial charge on any atom is 0.275 e. The highest BCUT2D eigenvalue weighted by atomic mass is 16.1. The van der Waals surface area contributed by atoms with Crippen LogP contribution in [0.5, 0.6) is 0 Å². The van der Waals surface area contributed by atoms with E-state index in [0.29, 0.717) is 17.9 Å². The number of nitrogens with zero attached hydrogens (tertiary/aromatic N) is 5. The van der Waals surface area contributed by atoms with Crippen molar-refractivity contribution in [2.45, 2.75) is 13.5 Å². The van der Waals surface area contributed by atoms with E-state index in [2.05, 4.69) is 20.6 Å². The molecular formula is C14H12N6O. The molecule has 7 heteroatoms. The fraction of sp³-hybridized carbons (Fsp3) is 0.143. The van der Waals surface area contributed by atoms with Crippen LogP contribution in [0.3, 0.4) is 0 Å². The van der Waals surface area contributed by atoms with Crippen molar-refractivity contribution in [3.63, 3.8) is 0 Å². The summed E-state index contributed by atoms with van der Waals surface area (Å²) in [6.45, 7) is 2.59. The average molecular weight is 280 g/mol. The molecule has 1 aromatic carbocycles. The molecule has 3 aromatic heterocycles. The SMILES string of the molecule is CCn1c(=O)c2cc(-c3nnn[nH]3)cn2c2ccccc21. The molecule has 0 atom stereocenters. The van der Waals surface area contributed by atoms with Crippen molar-refractivity contribution in [3.05, 3.63) is 46.9 Å². The van der Waals surface area contributed by atoms with Gasteiger partial charge in [-0.1, -0.05) is 12.1 Å². The third-order valence-electron chi connectivity index (χ3n) is 3.65. The molecule has 104 valence electrons. The largest absolute Gasteiger partial charge is 0.310 e. The number of benzene rings is 1. The predicted octanol–water partition coefficient (Wildman–Crippen LogP) is 1.45. The van der Waals surface area contributed by atoms with E-state index in [-0.39, 0.29) is 5.56 Å². The minimum Gasteiger partial charge on any atom is -0.310 e. The fourth-order valence-corrected chi connectivity index (χ4v) is 2.70. The van der Waals surface area contributed by atoms with Crippen LogP contribution in [0.2, 0.25) is 0 Å². The van der Waals surface area contributed by atoms with Gasteiger partial charge in [0.25, 0.3) is 5.56 Å². The molecule has 1 N–H and O–H groups in total. The molecule has 0 spiro atoms. The molecule has 0 bridgehead atoms. The highest BCUT2D eigenvalue weighted by Gasteiger charge is 2.13. The molecule has 0 aliphatic carbocycles. The second-order valence-corrected chi connectivity index (χ2v) is 4.77.